The molecule has 1 aliphatic heterocycles. The van der Waals surface area contributed by atoms with Gasteiger partial charge in [-0.3, -0.25) is 10.1 Å². The average molecular weight is 592 g/mol. The smallest absolute Gasteiger partial charge is 0.324 e. The Hall–Kier alpha value is -4.59. The summed E-state index contributed by atoms with van der Waals surface area (Å²) >= 11 is 0. The summed E-state index contributed by atoms with van der Waals surface area (Å²) in [5.41, 5.74) is 6.77. The predicted octanol–water partition coefficient (Wildman–Crippen LogP) is 7.53. The van der Waals surface area contributed by atoms with Crippen LogP contribution in [-0.2, 0) is 23.1 Å². The van der Waals surface area contributed by atoms with Crippen molar-refractivity contribution in [1.82, 2.24) is 14.7 Å². The summed E-state index contributed by atoms with van der Waals surface area (Å²) in [4.78, 5) is 28.1. The van der Waals surface area contributed by atoms with Crippen LogP contribution in [0.3, 0.4) is 0 Å². The number of benzene rings is 2. The molecule has 2 aromatic carbocycles. The number of fused-ring (bicyclic) bond motifs is 1. The number of aryl methyl sites for hydroxylation is 2. The summed E-state index contributed by atoms with van der Waals surface area (Å²) in [6.45, 7) is 9.92. The molecule has 0 spiro atoms. The highest BCUT2D eigenvalue weighted by molar-refractivity contribution is 5.99. The van der Waals surface area contributed by atoms with Gasteiger partial charge in [0.15, 0.2) is 0 Å². The molecule has 4 aromatic rings. The normalized spacial score (nSPS) is 15.5. The van der Waals surface area contributed by atoms with Crippen LogP contribution in [0.15, 0.2) is 76.9 Å². The van der Waals surface area contributed by atoms with E-state index in [1.54, 1.807) is 10.9 Å². The fourth-order valence-corrected chi connectivity index (χ4v) is 5.95. The Morgan fingerprint density at radius 3 is 2.39 bits per heavy atom. The van der Waals surface area contributed by atoms with Crippen LogP contribution in [0.4, 0.5) is 16.3 Å². The molecule has 2 aliphatic rings. The number of hydrogen-bond acceptors (Lipinski definition) is 4. The van der Waals surface area contributed by atoms with Crippen LogP contribution in [0.1, 0.15) is 68.2 Å². The van der Waals surface area contributed by atoms with Gasteiger partial charge in [0.1, 0.15) is 11.6 Å². The van der Waals surface area contributed by atoms with Crippen LogP contribution >= 0.6 is 0 Å². The second kappa shape index (κ2) is 12.2. The molecule has 1 saturated heterocycles. The summed E-state index contributed by atoms with van der Waals surface area (Å²) in [7, 11) is 0. The van der Waals surface area contributed by atoms with Crippen molar-refractivity contribution in [2.75, 3.05) is 23.7 Å². The van der Waals surface area contributed by atoms with Gasteiger partial charge in [0.2, 0.25) is 5.91 Å². The van der Waals surface area contributed by atoms with Gasteiger partial charge in [-0.05, 0) is 92.5 Å². The molecule has 0 unspecified atom stereocenters. The standard InChI is InChI=1S/C36H41N5O3/c1-24-5-13-30(14-6-24)41-33(23-32(39-41)36(2,3)4)38-35(43)37-29-11-7-25(8-12-29)21-26-15-18-40(19-16-26)34(42)28-10-9-27-17-20-44-31(27)22-28/h5-8,11-14,17,20,22-23,26H,9-10,15-16,18-19,21H2,1-4H3,(H2,37,38,43). The van der Waals surface area contributed by atoms with E-state index in [0.717, 1.165) is 79.2 Å². The van der Waals surface area contributed by atoms with E-state index in [0.29, 0.717) is 11.7 Å². The molecule has 1 fully saturated rings. The average Bonchev–Trinajstić information content (AvgIpc) is 3.66. The fourth-order valence-electron chi connectivity index (χ4n) is 5.95. The molecule has 3 heterocycles. The lowest BCUT2D eigenvalue weighted by Gasteiger charge is -2.33. The molecule has 2 N–H and O–H groups in total. The van der Waals surface area contributed by atoms with Crippen molar-refractivity contribution in [2.45, 2.75) is 65.2 Å². The summed E-state index contributed by atoms with van der Waals surface area (Å²) in [5.74, 6) is 2.12. The molecular weight excluding hydrogens is 550 g/mol. The maximum absolute atomic E-state index is 13.1. The summed E-state index contributed by atoms with van der Waals surface area (Å²) < 4.78 is 7.30. The predicted molar refractivity (Wildman–Crippen MR) is 174 cm³/mol. The monoisotopic (exact) mass is 591 g/mol. The summed E-state index contributed by atoms with van der Waals surface area (Å²) in [6, 6.07) is 19.7. The van der Waals surface area contributed by atoms with Gasteiger partial charge in [0.05, 0.1) is 17.6 Å². The third kappa shape index (κ3) is 6.64. The van der Waals surface area contributed by atoms with E-state index in [1.165, 1.54) is 11.1 Å². The molecule has 8 heteroatoms. The van der Waals surface area contributed by atoms with Gasteiger partial charge in [0.25, 0.3) is 0 Å². The Morgan fingerprint density at radius 2 is 1.68 bits per heavy atom. The maximum Gasteiger partial charge on any atom is 0.324 e. The highest BCUT2D eigenvalue weighted by Gasteiger charge is 2.27. The summed E-state index contributed by atoms with van der Waals surface area (Å²) in [5, 5.41) is 10.8. The van der Waals surface area contributed by atoms with Crippen LogP contribution in [0.25, 0.3) is 11.8 Å². The fraction of sp³-hybridized carbons (Fsp3) is 0.361. The molecule has 228 valence electrons. The number of carbonyl (C=O) groups excluding carboxylic acids is 2. The Balaban J connectivity index is 1.02. The largest absolute Gasteiger partial charge is 0.465 e. The first-order chi connectivity index (χ1) is 21.1. The molecule has 0 atom stereocenters. The molecule has 6 rings (SSSR count). The number of urea groups is 1. The number of rotatable bonds is 6. The first kappa shape index (κ1) is 29.5. The van der Waals surface area contributed by atoms with Crippen molar-refractivity contribution in [1.29, 1.82) is 0 Å². The van der Waals surface area contributed by atoms with Gasteiger partial charge in [0, 0.05) is 35.8 Å². The molecule has 2 aromatic heterocycles. The van der Waals surface area contributed by atoms with Crippen molar-refractivity contribution < 1.29 is 14.0 Å². The first-order valence-corrected chi connectivity index (χ1v) is 15.5. The minimum Gasteiger partial charge on any atom is -0.465 e. The van der Waals surface area contributed by atoms with E-state index in [-0.39, 0.29) is 17.4 Å². The van der Waals surface area contributed by atoms with Crippen molar-refractivity contribution in [3.05, 3.63) is 101 Å². The molecular formula is C36H41N5O3. The molecule has 8 nitrogen and oxygen atoms in total. The van der Waals surface area contributed by atoms with E-state index in [2.05, 4.69) is 43.5 Å². The minimum atomic E-state index is -0.320. The van der Waals surface area contributed by atoms with Crippen LogP contribution in [-0.4, -0.2) is 39.7 Å². The second-order valence-electron chi connectivity index (χ2n) is 13.1. The number of piperidine rings is 1. The number of hydrogen-bond donors (Lipinski definition) is 2. The number of furan rings is 1. The number of carbonyl (C=O) groups is 2. The van der Waals surface area contributed by atoms with E-state index in [1.807, 2.05) is 66.4 Å². The Kier molecular flexibility index (Phi) is 8.17. The van der Waals surface area contributed by atoms with Gasteiger partial charge in [-0.1, -0.05) is 50.6 Å². The lowest BCUT2D eigenvalue weighted by atomic mass is 9.89. The molecule has 1 aliphatic carbocycles. The Bertz CT molecular complexity index is 1660. The van der Waals surface area contributed by atoms with E-state index in [9.17, 15) is 9.59 Å². The molecule has 3 amide bonds. The van der Waals surface area contributed by atoms with E-state index >= 15 is 0 Å². The SMILES string of the molecule is Cc1ccc(-n2nc(C(C)(C)C)cc2NC(=O)Nc2ccc(CC3CCN(C(=O)C4=Cc5occc5CC4)CC3)cc2)cc1. The van der Waals surface area contributed by atoms with Crippen molar-refractivity contribution >= 4 is 29.5 Å². The second-order valence-corrected chi connectivity index (χ2v) is 13.1. The van der Waals surface area contributed by atoms with Crippen LogP contribution in [0.5, 0.6) is 0 Å². The molecule has 0 bridgehead atoms. The van der Waals surface area contributed by atoms with E-state index < -0.39 is 0 Å². The zero-order chi connectivity index (χ0) is 30.8. The number of amides is 3. The topological polar surface area (TPSA) is 92.4 Å². The van der Waals surface area contributed by atoms with Crippen LogP contribution in [0, 0.1) is 12.8 Å². The van der Waals surface area contributed by atoms with Crippen molar-refractivity contribution in [3.8, 4) is 5.69 Å². The number of anilines is 2. The van der Waals surface area contributed by atoms with Crippen molar-refractivity contribution in [2.24, 2.45) is 5.92 Å². The highest BCUT2D eigenvalue weighted by atomic mass is 16.3. The van der Waals surface area contributed by atoms with Gasteiger partial charge in [-0.2, -0.15) is 5.10 Å². The quantitative estimate of drug-likeness (QED) is 0.243. The van der Waals surface area contributed by atoms with Crippen molar-refractivity contribution in [3.63, 3.8) is 0 Å². The zero-order valence-corrected chi connectivity index (χ0v) is 26.0. The van der Waals surface area contributed by atoms with Gasteiger partial charge >= 0.3 is 6.03 Å². The number of aromatic nitrogens is 2. The number of nitrogens with zero attached hydrogens (tertiary/aromatic N) is 3. The lowest BCUT2D eigenvalue weighted by molar-refractivity contribution is -0.128. The Labute approximate surface area is 259 Å². The zero-order valence-electron chi connectivity index (χ0n) is 26.0. The summed E-state index contributed by atoms with van der Waals surface area (Å²) in [6.07, 6.45) is 8.19. The van der Waals surface area contributed by atoms with Crippen LogP contribution in [0.2, 0.25) is 0 Å². The van der Waals surface area contributed by atoms with Gasteiger partial charge < -0.3 is 14.6 Å². The van der Waals surface area contributed by atoms with Gasteiger partial charge in [-0.25, -0.2) is 9.48 Å². The third-order valence-electron chi connectivity index (χ3n) is 8.66. The first-order valence-electron chi connectivity index (χ1n) is 15.5. The Morgan fingerprint density at radius 1 is 0.955 bits per heavy atom. The van der Waals surface area contributed by atoms with Gasteiger partial charge in [-0.15, -0.1) is 0 Å². The van der Waals surface area contributed by atoms with E-state index in [4.69, 9.17) is 9.52 Å². The molecule has 44 heavy (non-hydrogen) atoms. The third-order valence-corrected chi connectivity index (χ3v) is 8.66. The molecule has 0 radical (unpaired) electrons. The lowest BCUT2D eigenvalue weighted by Crippen LogP contribution is -2.39. The van der Waals surface area contributed by atoms with Crippen LogP contribution < -0.4 is 10.6 Å². The highest BCUT2D eigenvalue weighted by Crippen LogP contribution is 2.29. The maximum atomic E-state index is 13.1. The number of nitrogens with one attached hydrogen (secondary N) is 2. The minimum absolute atomic E-state index is 0.149. The number of likely N-dealkylation sites (tertiary alicyclic amines) is 1. The molecule has 0 saturated carbocycles.